The molecule has 21 heavy (non-hydrogen) atoms. The van der Waals surface area contributed by atoms with E-state index in [9.17, 15) is 12.8 Å². The molecule has 1 N–H and O–H groups in total. The van der Waals surface area contributed by atoms with Crippen LogP contribution in [0.2, 0.25) is 0 Å². The second-order valence-electron chi connectivity index (χ2n) is 4.41. The number of alkyl halides is 1. The largest absolute Gasteiger partial charge is 0.241 e. The normalized spacial score (nSPS) is 11.8. The van der Waals surface area contributed by atoms with Crippen LogP contribution in [0.3, 0.4) is 0 Å². The molecule has 0 aliphatic rings. The summed E-state index contributed by atoms with van der Waals surface area (Å²) in [4.78, 5) is 5.41. The molecule has 0 aliphatic carbocycles. The highest BCUT2D eigenvalue weighted by Gasteiger charge is 2.12. The lowest BCUT2D eigenvalue weighted by Crippen LogP contribution is -2.26. The first kappa shape index (κ1) is 16.5. The van der Waals surface area contributed by atoms with Gasteiger partial charge in [-0.1, -0.05) is 28.1 Å². The minimum absolute atomic E-state index is 0.115. The average Bonchev–Trinajstić information content (AvgIpc) is 2.80. The zero-order valence-electron chi connectivity index (χ0n) is 11.3. The third-order valence-electron chi connectivity index (χ3n) is 2.78. The van der Waals surface area contributed by atoms with Gasteiger partial charge in [0.15, 0.2) is 0 Å². The van der Waals surface area contributed by atoms with Gasteiger partial charge in [0, 0.05) is 17.0 Å². The number of rotatable bonds is 6. The molecule has 114 valence electrons. The molecule has 0 amide bonds. The van der Waals surface area contributed by atoms with Gasteiger partial charge >= 0.3 is 0 Å². The van der Waals surface area contributed by atoms with Gasteiger partial charge in [0.1, 0.15) is 15.5 Å². The van der Waals surface area contributed by atoms with Gasteiger partial charge in [0.25, 0.3) is 0 Å². The summed E-state index contributed by atoms with van der Waals surface area (Å²) >= 11 is 4.37. The average molecular weight is 393 g/mol. The molecule has 0 saturated heterocycles. The number of aryl methyl sites for hydroxylation is 1. The highest BCUT2D eigenvalue weighted by atomic mass is 79.9. The van der Waals surface area contributed by atoms with Crippen LogP contribution in [-0.4, -0.2) is 24.6 Å². The third kappa shape index (κ3) is 4.57. The summed E-state index contributed by atoms with van der Waals surface area (Å²) in [5.74, 6) is -0.299. The molecule has 0 unspecified atom stereocenters. The van der Waals surface area contributed by atoms with Crippen LogP contribution >= 0.6 is 27.3 Å². The van der Waals surface area contributed by atoms with Crippen molar-refractivity contribution in [2.75, 3.05) is 11.2 Å². The quantitative estimate of drug-likeness (QED) is 0.768. The van der Waals surface area contributed by atoms with Gasteiger partial charge in [0.05, 0.1) is 5.69 Å². The highest BCUT2D eigenvalue weighted by Crippen LogP contribution is 2.28. The lowest BCUT2D eigenvalue weighted by molar-refractivity contribution is 0.587. The van der Waals surface area contributed by atoms with Gasteiger partial charge in [-0.25, -0.2) is 22.5 Å². The molecule has 8 heteroatoms. The molecule has 1 aromatic carbocycles. The van der Waals surface area contributed by atoms with E-state index in [0.29, 0.717) is 13.0 Å². The van der Waals surface area contributed by atoms with Gasteiger partial charge in [-0.05, 0) is 25.5 Å². The van der Waals surface area contributed by atoms with Gasteiger partial charge in [-0.15, -0.1) is 11.3 Å². The van der Waals surface area contributed by atoms with E-state index in [2.05, 4.69) is 25.6 Å². The fraction of sp³-hybridized carbons (Fsp3) is 0.308. The number of halogens is 2. The molecule has 0 spiro atoms. The molecule has 0 bridgehead atoms. The molecule has 0 radical (unpaired) electrons. The molecule has 2 rings (SSSR count). The fourth-order valence-corrected chi connectivity index (χ4v) is 3.80. The smallest absolute Gasteiger partial charge is 0.221 e. The zero-order chi connectivity index (χ0) is 15.5. The number of nitrogens with zero attached hydrogens (tertiary/aromatic N) is 1. The molecule has 1 heterocycles. The second-order valence-corrected chi connectivity index (χ2v) is 8.60. The van der Waals surface area contributed by atoms with Gasteiger partial charge < -0.3 is 0 Å². The summed E-state index contributed by atoms with van der Waals surface area (Å²) in [6.07, 6.45) is 0.561. The minimum atomic E-state index is -3.25. The third-order valence-corrected chi connectivity index (χ3v) is 6.79. The van der Waals surface area contributed by atoms with E-state index in [-0.39, 0.29) is 10.5 Å². The number of benzene rings is 1. The van der Waals surface area contributed by atoms with Crippen LogP contribution < -0.4 is 4.72 Å². The standard InChI is InChI=1S/C13H14BrFN2O2S2/c1-9-12(5-6-16-21(18,19)8-14)20-13(17-9)10-3-2-4-11(15)7-10/h2-4,7,16H,5-6,8H2,1H3. The van der Waals surface area contributed by atoms with Crippen LogP contribution in [0.4, 0.5) is 4.39 Å². The van der Waals surface area contributed by atoms with E-state index in [1.165, 1.54) is 23.5 Å². The number of hydrogen-bond acceptors (Lipinski definition) is 4. The van der Waals surface area contributed by atoms with Gasteiger partial charge in [-0.2, -0.15) is 0 Å². The summed E-state index contributed by atoms with van der Waals surface area (Å²) < 4.78 is 38.3. The van der Waals surface area contributed by atoms with Gasteiger partial charge in [-0.3, -0.25) is 0 Å². The van der Waals surface area contributed by atoms with Crippen LogP contribution in [0.5, 0.6) is 0 Å². The molecule has 0 fully saturated rings. The molecule has 2 aromatic rings. The number of sulfonamides is 1. The minimum Gasteiger partial charge on any atom is -0.241 e. The first-order valence-electron chi connectivity index (χ1n) is 6.17. The Hall–Kier alpha value is -0.830. The maximum atomic E-state index is 13.2. The Bertz CT molecular complexity index is 732. The summed E-state index contributed by atoms with van der Waals surface area (Å²) in [6.45, 7) is 2.19. The lowest BCUT2D eigenvalue weighted by atomic mass is 10.2. The summed E-state index contributed by atoms with van der Waals surface area (Å²) in [6, 6.07) is 6.28. The lowest BCUT2D eigenvalue weighted by Gasteiger charge is -2.02. The Morgan fingerprint density at radius 2 is 2.19 bits per heavy atom. The first-order valence-corrected chi connectivity index (χ1v) is 9.76. The highest BCUT2D eigenvalue weighted by molar-refractivity contribution is 9.10. The van der Waals surface area contributed by atoms with Crippen LogP contribution in [-0.2, 0) is 16.4 Å². The topological polar surface area (TPSA) is 59.1 Å². The van der Waals surface area contributed by atoms with E-state index in [1.54, 1.807) is 12.1 Å². The number of hydrogen-bond donors (Lipinski definition) is 1. The Morgan fingerprint density at radius 1 is 1.43 bits per heavy atom. The molecule has 0 saturated carbocycles. The summed E-state index contributed by atoms with van der Waals surface area (Å²) in [7, 11) is -3.25. The van der Waals surface area contributed by atoms with Crippen molar-refractivity contribution in [1.82, 2.24) is 9.71 Å². The Morgan fingerprint density at radius 3 is 2.86 bits per heavy atom. The van der Waals surface area contributed by atoms with E-state index in [0.717, 1.165) is 21.1 Å². The maximum absolute atomic E-state index is 13.2. The summed E-state index contributed by atoms with van der Waals surface area (Å²) in [5.41, 5.74) is 1.58. The Balaban J connectivity index is 2.09. The number of nitrogens with one attached hydrogen (secondary N) is 1. The van der Waals surface area contributed by atoms with E-state index in [4.69, 9.17) is 0 Å². The van der Waals surface area contributed by atoms with Crippen molar-refractivity contribution in [1.29, 1.82) is 0 Å². The van der Waals surface area contributed by atoms with E-state index < -0.39 is 10.0 Å². The van der Waals surface area contributed by atoms with Crippen LogP contribution in [0.1, 0.15) is 10.6 Å². The second kappa shape index (κ2) is 6.95. The molecular weight excluding hydrogens is 379 g/mol. The van der Waals surface area contributed by atoms with Crippen LogP contribution in [0.25, 0.3) is 10.6 Å². The van der Waals surface area contributed by atoms with Gasteiger partial charge in [0.2, 0.25) is 10.0 Å². The predicted molar refractivity (Wildman–Crippen MR) is 86.7 cm³/mol. The molecule has 1 aromatic heterocycles. The van der Waals surface area contributed by atoms with Crippen LogP contribution in [0.15, 0.2) is 24.3 Å². The molecule has 0 atom stereocenters. The predicted octanol–water partition coefficient (Wildman–Crippen LogP) is 3.07. The van der Waals surface area contributed by atoms with Crippen molar-refractivity contribution >= 4 is 37.3 Å². The van der Waals surface area contributed by atoms with Crippen molar-refractivity contribution in [3.63, 3.8) is 0 Å². The van der Waals surface area contributed by atoms with Crippen molar-refractivity contribution in [2.24, 2.45) is 0 Å². The summed E-state index contributed by atoms with van der Waals surface area (Å²) in [5, 5.41) is 0.741. The van der Waals surface area contributed by atoms with Crippen molar-refractivity contribution in [3.05, 3.63) is 40.7 Å². The van der Waals surface area contributed by atoms with Crippen molar-refractivity contribution in [3.8, 4) is 10.6 Å². The molecular formula is C13H14BrFN2O2S2. The van der Waals surface area contributed by atoms with E-state index >= 15 is 0 Å². The zero-order valence-corrected chi connectivity index (χ0v) is 14.5. The van der Waals surface area contributed by atoms with E-state index in [1.807, 2.05) is 6.92 Å². The number of thiazole rings is 1. The monoisotopic (exact) mass is 392 g/mol. The van der Waals surface area contributed by atoms with Crippen molar-refractivity contribution < 1.29 is 12.8 Å². The number of aromatic nitrogens is 1. The Kier molecular flexibility index (Phi) is 5.48. The van der Waals surface area contributed by atoms with Crippen molar-refractivity contribution in [2.45, 2.75) is 13.3 Å². The fourth-order valence-electron chi connectivity index (χ4n) is 1.76. The first-order chi connectivity index (χ1) is 9.91. The Labute approximate surface area is 135 Å². The molecule has 4 nitrogen and oxygen atoms in total. The maximum Gasteiger partial charge on any atom is 0.221 e. The van der Waals surface area contributed by atoms with Crippen LogP contribution in [0, 0.1) is 12.7 Å². The SMILES string of the molecule is Cc1nc(-c2cccc(F)c2)sc1CCNS(=O)(=O)CBr. The molecule has 0 aliphatic heterocycles.